The Morgan fingerprint density at radius 1 is 1.20 bits per heavy atom. The standard InChI is InChI=1S/C18H17N3O3S/c1-9-7-10(2)20-18-14(9)15(19)16(25-18)17(22)21-11-3-4-12-13(8-11)24-6-5-23-12/h3-4,7-8H,5-6,19H2,1-2H3,(H,21,22). The molecule has 2 aromatic heterocycles. The molecule has 4 rings (SSSR count). The van der Waals surface area contributed by atoms with Gasteiger partial charge in [-0.2, -0.15) is 0 Å². The number of hydrogen-bond donors (Lipinski definition) is 2. The molecule has 0 unspecified atom stereocenters. The van der Waals surface area contributed by atoms with Gasteiger partial charge in [0.05, 0.1) is 5.69 Å². The maximum Gasteiger partial charge on any atom is 0.267 e. The molecule has 6 nitrogen and oxygen atoms in total. The van der Waals surface area contributed by atoms with Gasteiger partial charge in [0.15, 0.2) is 11.5 Å². The van der Waals surface area contributed by atoms with E-state index >= 15 is 0 Å². The van der Waals surface area contributed by atoms with Crippen molar-refractivity contribution in [3.05, 3.63) is 40.4 Å². The van der Waals surface area contributed by atoms with E-state index in [2.05, 4.69) is 10.3 Å². The molecule has 7 heteroatoms. The number of pyridine rings is 1. The van der Waals surface area contributed by atoms with Crippen LogP contribution in [0.25, 0.3) is 10.2 Å². The number of nitrogen functional groups attached to an aromatic ring is 1. The molecule has 0 aliphatic carbocycles. The van der Waals surface area contributed by atoms with Gasteiger partial charge in [-0.1, -0.05) is 0 Å². The summed E-state index contributed by atoms with van der Waals surface area (Å²) >= 11 is 1.30. The van der Waals surface area contributed by atoms with Crippen LogP contribution in [0.15, 0.2) is 24.3 Å². The summed E-state index contributed by atoms with van der Waals surface area (Å²) in [5.41, 5.74) is 9.25. The van der Waals surface area contributed by atoms with E-state index in [1.807, 2.05) is 19.9 Å². The molecule has 3 heterocycles. The molecule has 3 N–H and O–H groups in total. The first kappa shape index (κ1) is 15.7. The zero-order valence-electron chi connectivity index (χ0n) is 13.9. The van der Waals surface area contributed by atoms with Crippen molar-refractivity contribution < 1.29 is 14.3 Å². The number of nitrogens with two attached hydrogens (primary N) is 1. The average molecular weight is 355 g/mol. The summed E-state index contributed by atoms with van der Waals surface area (Å²) in [6.45, 7) is 4.93. The average Bonchev–Trinajstić information content (AvgIpc) is 2.91. The smallest absolute Gasteiger partial charge is 0.267 e. The first-order chi connectivity index (χ1) is 12.0. The molecule has 0 fully saturated rings. The van der Waals surface area contributed by atoms with Crippen LogP contribution in [0.5, 0.6) is 11.5 Å². The van der Waals surface area contributed by atoms with Gasteiger partial charge < -0.3 is 20.5 Å². The highest BCUT2D eigenvalue weighted by Gasteiger charge is 2.20. The second kappa shape index (κ2) is 5.93. The number of rotatable bonds is 2. The summed E-state index contributed by atoms with van der Waals surface area (Å²) in [5.74, 6) is 1.05. The van der Waals surface area contributed by atoms with Crippen LogP contribution in [-0.2, 0) is 0 Å². The largest absolute Gasteiger partial charge is 0.486 e. The van der Waals surface area contributed by atoms with Crippen LogP contribution in [0.2, 0.25) is 0 Å². The third-order valence-corrected chi connectivity index (χ3v) is 5.13. The highest BCUT2D eigenvalue weighted by Crippen LogP contribution is 2.36. The fourth-order valence-corrected chi connectivity index (χ4v) is 4.06. The van der Waals surface area contributed by atoms with Crippen molar-refractivity contribution in [3.63, 3.8) is 0 Å². The molecule has 3 aromatic rings. The quantitative estimate of drug-likeness (QED) is 0.734. The Morgan fingerprint density at radius 3 is 2.76 bits per heavy atom. The Bertz CT molecular complexity index is 997. The van der Waals surface area contributed by atoms with Gasteiger partial charge >= 0.3 is 0 Å². The lowest BCUT2D eigenvalue weighted by Gasteiger charge is -2.18. The first-order valence-corrected chi connectivity index (χ1v) is 8.72. The van der Waals surface area contributed by atoms with Gasteiger partial charge in [0, 0.05) is 22.8 Å². The zero-order valence-corrected chi connectivity index (χ0v) is 14.7. The number of aromatic nitrogens is 1. The van der Waals surface area contributed by atoms with Crippen LogP contribution in [0.4, 0.5) is 11.4 Å². The Balaban J connectivity index is 1.66. The van der Waals surface area contributed by atoms with Crippen molar-refractivity contribution in [1.29, 1.82) is 0 Å². The molecule has 1 amide bonds. The maximum atomic E-state index is 12.7. The van der Waals surface area contributed by atoms with Crippen LogP contribution < -0.4 is 20.5 Å². The zero-order chi connectivity index (χ0) is 17.6. The van der Waals surface area contributed by atoms with E-state index in [1.165, 1.54) is 11.3 Å². The third kappa shape index (κ3) is 2.76. The lowest BCUT2D eigenvalue weighted by Crippen LogP contribution is -2.16. The molecule has 25 heavy (non-hydrogen) atoms. The number of aryl methyl sites for hydroxylation is 2. The predicted molar refractivity (Wildman–Crippen MR) is 98.9 cm³/mol. The number of ether oxygens (including phenoxy) is 2. The molecule has 1 aliphatic heterocycles. The Labute approximate surface area is 148 Å². The third-order valence-electron chi connectivity index (χ3n) is 4.03. The molecule has 0 saturated heterocycles. The van der Waals surface area contributed by atoms with E-state index in [-0.39, 0.29) is 5.91 Å². The molecule has 1 aromatic carbocycles. The number of nitrogens with zero attached hydrogens (tertiary/aromatic N) is 1. The number of thiophene rings is 1. The summed E-state index contributed by atoms with van der Waals surface area (Å²) in [5, 5.41) is 3.72. The first-order valence-electron chi connectivity index (χ1n) is 7.90. The monoisotopic (exact) mass is 355 g/mol. The van der Waals surface area contributed by atoms with Gasteiger partial charge in [-0.3, -0.25) is 4.79 Å². The fourth-order valence-electron chi connectivity index (χ4n) is 2.95. The van der Waals surface area contributed by atoms with Crippen LogP contribution in [0.3, 0.4) is 0 Å². The van der Waals surface area contributed by atoms with E-state index in [1.54, 1.807) is 18.2 Å². The predicted octanol–water partition coefficient (Wildman–Crippen LogP) is 3.52. The topological polar surface area (TPSA) is 86.5 Å². The van der Waals surface area contributed by atoms with Crippen molar-refractivity contribution >= 4 is 38.8 Å². The van der Waals surface area contributed by atoms with E-state index in [4.69, 9.17) is 15.2 Å². The molecule has 0 atom stereocenters. The SMILES string of the molecule is Cc1cc(C)c2c(N)c(C(=O)Nc3ccc4c(c3)OCCO4)sc2n1. The molecular weight excluding hydrogens is 338 g/mol. The molecule has 128 valence electrons. The minimum absolute atomic E-state index is 0.255. The van der Waals surface area contributed by atoms with Gasteiger partial charge in [-0.15, -0.1) is 11.3 Å². The van der Waals surface area contributed by atoms with E-state index in [0.29, 0.717) is 41.0 Å². The number of fused-ring (bicyclic) bond motifs is 2. The van der Waals surface area contributed by atoms with Gasteiger partial charge in [0.25, 0.3) is 5.91 Å². The summed E-state index contributed by atoms with van der Waals surface area (Å²) in [7, 11) is 0. The minimum atomic E-state index is -0.255. The molecule has 0 bridgehead atoms. The van der Waals surface area contributed by atoms with Gasteiger partial charge in [-0.05, 0) is 37.6 Å². The lowest BCUT2D eigenvalue weighted by atomic mass is 10.1. The molecular formula is C18H17N3O3S. The number of benzene rings is 1. The van der Waals surface area contributed by atoms with Crippen LogP contribution in [0, 0.1) is 13.8 Å². The van der Waals surface area contributed by atoms with Crippen molar-refractivity contribution in [3.8, 4) is 11.5 Å². The normalized spacial score (nSPS) is 13.0. The van der Waals surface area contributed by atoms with Crippen molar-refractivity contribution in [2.45, 2.75) is 13.8 Å². The van der Waals surface area contributed by atoms with Crippen LogP contribution >= 0.6 is 11.3 Å². The number of carbonyl (C=O) groups is 1. The highest BCUT2D eigenvalue weighted by atomic mass is 32.1. The number of hydrogen-bond acceptors (Lipinski definition) is 6. The van der Waals surface area contributed by atoms with Crippen LogP contribution in [-0.4, -0.2) is 24.1 Å². The summed E-state index contributed by atoms with van der Waals surface area (Å²) in [6.07, 6.45) is 0. The second-order valence-corrected chi connectivity index (χ2v) is 6.92. The Morgan fingerprint density at radius 2 is 1.96 bits per heavy atom. The fraction of sp³-hybridized carbons (Fsp3) is 0.222. The van der Waals surface area contributed by atoms with Crippen molar-refractivity contribution in [2.24, 2.45) is 0 Å². The lowest BCUT2D eigenvalue weighted by molar-refractivity contribution is 0.103. The van der Waals surface area contributed by atoms with Crippen molar-refractivity contribution in [1.82, 2.24) is 4.98 Å². The van der Waals surface area contributed by atoms with E-state index < -0.39 is 0 Å². The molecule has 0 saturated carbocycles. The number of amides is 1. The summed E-state index contributed by atoms with van der Waals surface area (Å²) in [6, 6.07) is 7.29. The van der Waals surface area contributed by atoms with E-state index in [9.17, 15) is 4.79 Å². The van der Waals surface area contributed by atoms with Gasteiger partial charge in [0.1, 0.15) is 22.9 Å². The van der Waals surface area contributed by atoms with Crippen molar-refractivity contribution in [2.75, 3.05) is 24.3 Å². The number of nitrogens with one attached hydrogen (secondary N) is 1. The highest BCUT2D eigenvalue weighted by molar-refractivity contribution is 7.21. The molecule has 0 spiro atoms. The Kier molecular flexibility index (Phi) is 3.73. The molecule has 0 radical (unpaired) electrons. The van der Waals surface area contributed by atoms with E-state index in [0.717, 1.165) is 21.5 Å². The minimum Gasteiger partial charge on any atom is -0.486 e. The van der Waals surface area contributed by atoms with Crippen LogP contribution in [0.1, 0.15) is 20.9 Å². The summed E-state index contributed by atoms with van der Waals surface area (Å²) in [4.78, 5) is 18.4. The number of anilines is 2. The van der Waals surface area contributed by atoms with Gasteiger partial charge in [0.2, 0.25) is 0 Å². The van der Waals surface area contributed by atoms with Gasteiger partial charge in [-0.25, -0.2) is 4.98 Å². The molecule has 1 aliphatic rings. The Hall–Kier alpha value is -2.80. The number of carbonyl (C=O) groups excluding carboxylic acids is 1. The summed E-state index contributed by atoms with van der Waals surface area (Å²) < 4.78 is 11.0. The second-order valence-electron chi connectivity index (χ2n) is 5.92. The maximum absolute atomic E-state index is 12.7.